The van der Waals surface area contributed by atoms with Gasteiger partial charge in [0.1, 0.15) is 0 Å². The Kier molecular flexibility index (Phi) is 2.33. The molecule has 2 nitrogen and oxygen atoms in total. The van der Waals surface area contributed by atoms with Crippen LogP contribution in [0.4, 0.5) is 0 Å². The Hall–Kier alpha value is -0.870. The Balaban J connectivity index is 2.46. The molecule has 1 heterocycles. The number of benzene rings is 1. The zero-order valence-electron chi connectivity index (χ0n) is 7.43. The van der Waals surface area contributed by atoms with Crippen LogP contribution in [0.25, 0.3) is 10.1 Å². The quantitative estimate of drug-likeness (QED) is 0.787. The number of fused-ring (bicyclic) bond motifs is 1. The second-order valence-electron chi connectivity index (χ2n) is 3.14. The zero-order chi connectivity index (χ0) is 10.2. The van der Waals surface area contributed by atoms with Crippen LogP contribution in [0.2, 0.25) is 0 Å². The highest BCUT2D eigenvalue weighted by molar-refractivity contribution is 7.91. The summed E-state index contributed by atoms with van der Waals surface area (Å²) in [6.45, 7) is 0. The molecule has 0 atom stereocenters. The van der Waals surface area contributed by atoms with Gasteiger partial charge >= 0.3 is 0 Å². The van der Waals surface area contributed by atoms with E-state index < -0.39 is 9.84 Å². The van der Waals surface area contributed by atoms with Crippen molar-refractivity contribution in [3.05, 3.63) is 41.5 Å². The van der Waals surface area contributed by atoms with Crippen LogP contribution in [0, 0.1) is 6.26 Å². The van der Waals surface area contributed by atoms with Crippen molar-refractivity contribution in [2.45, 2.75) is 5.75 Å². The average molecular weight is 225 g/mol. The molecule has 0 saturated heterocycles. The summed E-state index contributed by atoms with van der Waals surface area (Å²) in [5, 5.41) is 1.09. The molecule has 0 saturated carbocycles. The second kappa shape index (κ2) is 3.37. The Morgan fingerprint density at radius 2 is 2.00 bits per heavy atom. The van der Waals surface area contributed by atoms with Crippen LogP contribution in [0.3, 0.4) is 0 Å². The predicted octanol–water partition coefficient (Wildman–Crippen LogP) is 2.61. The monoisotopic (exact) mass is 225 g/mol. The van der Waals surface area contributed by atoms with Crippen LogP contribution in [0.1, 0.15) is 4.88 Å². The van der Waals surface area contributed by atoms with Gasteiger partial charge in [0.2, 0.25) is 0 Å². The van der Waals surface area contributed by atoms with E-state index in [1.807, 2.05) is 30.3 Å². The van der Waals surface area contributed by atoms with Crippen LogP contribution in [-0.4, -0.2) is 8.42 Å². The van der Waals surface area contributed by atoms with Crippen molar-refractivity contribution in [1.29, 1.82) is 0 Å². The molecule has 0 unspecified atom stereocenters. The maximum Gasteiger partial charge on any atom is 0.156 e. The van der Waals surface area contributed by atoms with Crippen molar-refractivity contribution < 1.29 is 8.42 Å². The molecule has 0 aliphatic rings. The molecular weight excluding hydrogens is 216 g/mol. The minimum Gasteiger partial charge on any atom is -0.228 e. The van der Waals surface area contributed by atoms with Crippen LogP contribution in [-0.2, 0) is 15.6 Å². The van der Waals surface area contributed by atoms with E-state index in [1.54, 1.807) is 0 Å². The molecule has 1 radical (unpaired) electrons. The van der Waals surface area contributed by atoms with E-state index in [0.29, 0.717) is 0 Å². The SMILES string of the molecule is [CH2]S(=O)(=O)Cc1cc2ccccc2s1. The number of hydrogen-bond acceptors (Lipinski definition) is 3. The lowest BCUT2D eigenvalue weighted by Gasteiger charge is -1.90. The molecular formula is C10H9O2S2. The van der Waals surface area contributed by atoms with E-state index in [9.17, 15) is 8.42 Å². The summed E-state index contributed by atoms with van der Waals surface area (Å²) in [7, 11) is -3.16. The summed E-state index contributed by atoms with van der Waals surface area (Å²) in [6.07, 6.45) is 3.11. The minimum atomic E-state index is -3.16. The summed E-state index contributed by atoms with van der Waals surface area (Å²) >= 11 is 1.50. The smallest absolute Gasteiger partial charge is 0.156 e. The van der Waals surface area contributed by atoms with Crippen LogP contribution < -0.4 is 0 Å². The van der Waals surface area contributed by atoms with Gasteiger partial charge in [0, 0.05) is 9.58 Å². The van der Waals surface area contributed by atoms with Gasteiger partial charge in [0.25, 0.3) is 0 Å². The topological polar surface area (TPSA) is 34.1 Å². The molecule has 2 aromatic rings. The summed E-state index contributed by atoms with van der Waals surface area (Å²) in [4.78, 5) is 0.848. The van der Waals surface area contributed by atoms with E-state index >= 15 is 0 Å². The molecule has 0 N–H and O–H groups in total. The lowest BCUT2D eigenvalue weighted by Crippen LogP contribution is -1.95. The largest absolute Gasteiger partial charge is 0.228 e. The molecule has 14 heavy (non-hydrogen) atoms. The molecule has 0 fully saturated rings. The molecule has 0 bridgehead atoms. The number of rotatable bonds is 2. The molecule has 0 spiro atoms. The average Bonchev–Trinajstić information content (AvgIpc) is 2.42. The second-order valence-corrected chi connectivity index (χ2v) is 6.08. The fourth-order valence-electron chi connectivity index (χ4n) is 1.32. The lowest BCUT2D eigenvalue weighted by molar-refractivity contribution is 0.604. The third kappa shape index (κ3) is 2.13. The number of thiophene rings is 1. The summed E-state index contributed by atoms with van der Waals surface area (Å²) < 4.78 is 23.1. The molecule has 0 aliphatic carbocycles. The van der Waals surface area contributed by atoms with Gasteiger partial charge in [-0.25, -0.2) is 8.42 Å². The van der Waals surface area contributed by atoms with Gasteiger partial charge < -0.3 is 0 Å². The molecule has 0 aliphatic heterocycles. The van der Waals surface area contributed by atoms with E-state index in [-0.39, 0.29) is 5.75 Å². The fourth-order valence-corrected chi connectivity index (χ4v) is 3.48. The van der Waals surface area contributed by atoms with E-state index in [0.717, 1.165) is 15.0 Å². The van der Waals surface area contributed by atoms with Gasteiger partial charge in [-0.3, -0.25) is 0 Å². The first-order valence-electron chi connectivity index (χ1n) is 4.08. The van der Waals surface area contributed by atoms with Crippen molar-refractivity contribution >= 4 is 31.3 Å². The third-order valence-corrected chi connectivity index (χ3v) is 3.89. The number of hydrogen-bond donors (Lipinski definition) is 0. The highest BCUT2D eigenvalue weighted by Gasteiger charge is 2.07. The van der Waals surface area contributed by atoms with Crippen molar-refractivity contribution in [3.63, 3.8) is 0 Å². The Bertz CT molecular complexity index is 519. The molecule has 0 amide bonds. The standard InChI is InChI=1S/C10H9O2S2/c1-14(11,12)7-9-6-8-4-2-3-5-10(8)13-9/h2-6H,1,7H2. The van der Waals surface area contributed by atoms with Crippen molar-refractivity contribution in [2.75, 3.05) is 0 Å². The van der Waals surface area contributed by atoms with Gasteiger partial charge in [0.05, 0.1) is 12.0 Å². The van der Waals surface area contributed by atoms with Crippen LogP contribution in [0.15, 0.2) is 30.3 Å². The van der Waals surface area contributed by atoms with Crippen molar-refractivity contribution in [2.24, 2.45) is 0 Å². The lowest BCUT2D eigenvalue weighted by atomic mass is 10.2. The van der Waals surface area contributed by atoms with Crippen molar-refractivity contribution in [1.82, 2.24) is 0 Å². The predicted molar refractivity (Wildman–Crippen MR) is 59.8 cm³/mol. The zero-order valence-corrected chi connectivity index (χ0v) is 9.07. The van der Waals surface area contributed by atoms with Gasteiger partial charge in [0.15, 0.2) is 9.84 Å². The molecule has 4 heteroatoms. The van der Waals surface area contributed by atoms with Gasteiger partial charge in [-0.15, -0.1) is 11.3 Å². The Labute approximate surface area is 87.1 Å². The highest BCUT2D eigenvalue weighted by Crippen LogP contribution is 2.26. The van der Waals surface area contributed by atoms with Gasteiger partial charge in [-0.1, -0.05) is 18.2 Å². The summed E-state index contributed by atoms with van der Waals surface area (Å²) in [5.41, 5.74) is 0. The summed E-state index contributed by atoms with van der Waals surface area (Å²) in [5.74, 6) is 0.0341. The maximum absolute atomic E-state index is 11.0. The van der Waals surface area contributed by atoms with Crippen LogP contribution in [0.5, 0.6) is 0 Å². The molecule has 2 rings (SSSR count). The minimum absolute atomic E-state index is 0.0341. The van der Waals surface area contributed by atoms with E-state index in [2.05, 4.69) is 6.26 Å². The van der Waals surface area contributed by atoms with E-state index in [4.69, 9.17) is 0 Å². The van der Waals surface area contributed by atoms with Crippen LogP contribution >= 0.6 is 11.3 Å². The first-order chi connectivity index (χ1) is 6.54. The Morgan fingerprint density at radius 3 is 2.64 bits per heavy atom. The summed E-state index contributed by atoms with van der Waals surface area (Å²) in [6, 6.07) is 9.76. The first kappa shape index (κ1) is 9.68. The maximum atomic E-state index is 11.0. The van der Waals surface area contributed by atoms with Gasteiger partial charge in [-0.05, 0) is 17.5 Å². The molecule has 1 aromatic carbocycles. The number of sulfone groups is 1. The first-order valence-corrected chi connectivity index (χ1v) is 6.72. The Morgan fingerprint density at radius 1 is 1.29 bits per heavy atom. The highest BCUT2D eigenvalue weighted by atomic mass is 32.2. The molecule has 73 valence electrons. The fraction of sp³-hybridized carbons (Fsp3) is 0.100. The van der Waals surface area contributed by atoms with E-state index in [1.165, 1.54) is 11.3 Å². The third-order valence-electron chi connectivity index (χ3n) is 1.84. The molecule has 1 aromatic heterocycles. The van der Waals surface area contributed by atoms with Gasteiger partial charge in [-0.2, -0.15) is 0 Å². The normalized spacial score (nSPS) is 12.1. The van der Waals surface area contributed by atoms with Crippen molar-refractivity contribution in [3.8, 4) is 0 Å².